The van der Waals surface area contributed by atoms with Crippen molar-refractivity contribution in [3.63, 3.8) is 0 Å². The van der Waals surface area contributed by atoms with E-state index in [4.69, 9.17) is 5.73 Å². The van der Waals surface area contributed by atoms with Crippen molar-refractivity contribution in [1.29, 1.82) is 0 Å². The van der Waals surface area contributed by atoms with Gasteiger partial charge in [-0.1, -0.05) is 18.2 Å². The Kier molecular flexibility index (Phi) is 3.00. The Bertz CT molecular complexity index is 482. The van der Waals surface area contributed by atoms with Crippen LogP contribution in [0.1, 0.15) is 18.3 Å². The third kappa shape index (κ3) is 2.28. The van der Waals surface area contributed by atoms with Crippen LogP contribution < -0.4 is 5.73 Å². The van der Waals surface area contributed by atoms with Gasteiger partial charge in [0, 0.05) is 12.2 Å². The van der Waals surface area contributed by atoms with Gasteiger partial charge in [0.1, 0.15) is 6.33 Å². The van der Waals surface area contributed by atoms with E-state index in [-0.39, 0.29) is 0 Å². The van der Waals surface area contributed by atoms with E-state index in [1.54, 1.807) is 6.33 Å². The first-order valence-electron chi connectivity index (χ1n) is 5.21. The number of aromatic nitrogens is 3. The Hall–Kier alpha value is -2.10. The summed E-state index contributed by atoms with van der Waals surface area (Å²) in [5.74, 6) is 0.860. The molecule has 0 aliphatic rings. The van der Waals surface area contributed by atoms with Gasteiger partial charge in [0.25, 0.3) is 0 Å². The van der Waals surface area contributed by atoms with E-state index >= 15 is 0 Å². The number of nitrogens with zero attached hydrogens (tertiary/aromatic N) is 3. The highest BCUT2D eigenvalue weighted by Gasteiger charge is 1.96. The van der Waals surface area contributed by atoms with E-state index in [1.165, 1.54) is 0 Å². The van der Waals surface area contributed by atoms with E-state index in [2.05, 4.69) is 17.1 Å². The summed E-state index contributed by atoms with van der Waals surface area (Å²) in [6.45, 7) is 2.93. The number of aryl methyl sites for hydroxylation is 1. The lowest BCUT2D eigenvalue weighted by Crippen LogP contribution is -1.94. The van der Waals surface area contributed by atoms with E-state index < -0.39 is 0 Å². The number of hydrogen-bond acceptors (Lipinski definition) is 3. The van der Waals surface area contributed by atoms with Crippen LogP contribution in [0, 0.1) is 0 Å². The summed E-state index contributed by atoms with van der Waals surface area (Å²) in [4.78, 5) is 0. The molecule has 0 radical (unpaired) electrons. The molecule has 16 heavy (non-hydrogen) atoms. The average molecular weight is 214 g/mol. The van der Waals surface area contributed by atoms with Gasteiger partial charge in [0.2, 0.25) is 0 Å². The molecule has 4 nitrogen and oxygen atoms in total. The Morgan fingerprint density at radius 2 is 2.00 bits per heavy atom. The zero-order valence-electron chi connectivity index (χ0n) is 9.17. The molecule has 82 valence electrons. The smallest absolute Gasteiger partial charge is 0.156 e. The standard InChI is InChI=1S/C12H14N4/c1-2-16-9-14-15-12(16)8-5-10-3-6-11(13)7-4-10/h3-9H,2,13H2,1H3/b8-5+. The van der Waals surface area contributed by atoms with Crippen molar-refractivity contribution < 1.29 is 0 Å². The van der Waals surface area contributed by atoms with E-state index in [9.17, 15) is 0 Å². The van der Waals surface area contributed by atoms with Crippen LogP contribution in [0.4, 0.5) is 5.69 Å². The summed E-state index contributed by atoms with van der Waals surface area (Å²) in [7, 11) is 0. The van der Waals surface area contributed by atoms with Crippen molar-refractivity contribution in [2.75, 3.05) is 5.73 Å². The fourth-order valence-corrected chi connectivity index (χ4v) is 1.41. The summed E-state index contributed by atoms with van der Waals surface area (Å²) in [6, 6.07) is 7.70. The molecular formula is C12H14N4. The summed E-state index contributed by atoms with van der Waals surface area (Å²) in [5.41, 5.74) is 7.48. The number of benzene rings is 1. The molecule has 4 heteroatoms. The van der Waals surface area contributed by atoms with Crippen LogP contribution in [-0.2, 0) is 6.54 Å². The van der Waals surface area contributed by atoms with Crippen LogP contribution in [0.15, 0.2) is 30.6 Å². The van der Waals surface area contributed by atoms with Crippen LogP contribution in [0.25, 0.3) is 12.2 Å². The predicted molar refractivity (Wildman–Crippen MR) is 65.5 cm³/mol. The van der Waals surface area contributed by atoms with E-state index in [0.717, 1.165) is 23.6 Å². The van der Waals surface area contributed by atoms with Crippen molar-refractivity contribution >= 4 is 17.8 Å². The van der Waals surface area contributed by atoms with Gasteiger partial charge in [-0.2, -0.15) is 0 Å². The lowest BCUT2D eigenvalue weighted by atomic mass is 10.2. The molecule has 2 aromatic rings. The third-order valence-electron chi connectivity index (χ3n) is 2.35. The zero-order chi connectivity index (χ0) is 11.4. The zero-order valence-corrected chi connectivity index (χ0v) is 9.17. The predicted octanol–water partition coefficient (Wildman–Crippen LogP) is 2.05. The topological polar surface area (TPSA) is 56.7 Å². The Labute approximate surface area is 94.4 Å². The van der Waals surface area contributed by atoms with Gasteiger partial charge in [0.05, 0.1) is 0 Å². The minimum atomic E-state index is 0.772. The maximum Gasteiger partial charge on any atom is 0.156 e. The molecule has 0 aliphatic heterocycles. The van der Waals surface area contributed by atoms with Crippen molar-refractivity contribution in [3.05, 3.63) is 42.0 Å². The minimum absolute atomic E-state index is 0.772. The number of anilines is 1. The second kappa shape index (κ2) is 4.61. The molecule has 0 amide bonds. The summed E-state index contributed by atoms with van der Waals surface area (Å²) in [6.07, 6.45) is 5.67. The summed E-state index contributed by atoms with van der Waals surface area (Å²) < 4.78 is 1.98. The maximum absolute atomic E-state index is 5.61. The normalized spacial score (nSPS) is 11.1. The molecule has 0 unspecified atom stereocenters. The molecular weight excluding hydrogens is 200 g/mol. The second-order valence-corrected chi connectivity index (χ2v) is 3.48. The lowest BCUT2D eigenvalue weighted by Gasteiger charge is -1.97. The van der Waals surface area contributed by atoms with Gasteiger partial charge >= 0.3 is 0 Å². The average Bonchev–Trinajstić information content (AvgIpc) is 2.76. The molecule has 0 saturated heterocycles. The van der Waals surface area contributed by atoms with Crippen molar-refractivity contribution in [3.8, 4) is 0 Å². The van der Waals surface area contributed by atoms with Gasteiger partial charge < -0.3 is 10.3 Å². The minimum Gasteiger partial charge on any atom is -0.399 e. The van der Waals surface area contributed by atoms with Crippen molar-refractivity contribution in [2.45, 2.75) is 13.5 Å². The Morgan fingerprint density at radius 3 is 2.69 bits per heavy atom. The molecule has 0 fully saturated rings. The van der Waals surface area contributed by atoms with Gasteiger partial charge in [-0.15, -0.1) is 10.2 Å². The molecule has 1 heterocycles. The van der Waals surface area contributed by atoms with Gasteiger partial charge in [-0.25, -0.2) is 0 Å². The van der Waals surface area contributed by atoms with E-state index in [0.29, 0.717) is 0 Å². The molecule has 1 aromatic heterocycles. The lowest BCUT2D eigenvalue weighted by molar-refractivity contribution is 0.750. The molecule has 0 saturated carbocycles. The highest BCUT2D eigenvalue weighted by molar-refractivity contribution is 5.67. The number of hydrogen-bond donors (Lipinski definition) is 1. The van der Waals surface area contributed by atoms with Crippen LogP contribution in [0.5, 0.6) is 0 Å². The third-order valence-corrected chi connectivity index (χ3v) is 2.35. The monoisotopic (exact) mass is 214 g/mol. The van der Waals surface area contributed by atoms with Gasteiger partial charge in [0.15, 0.2) is 5.82 Å². The van der Waals surface area contributed by atoms with Gasteiger partial charge in [-0.3, -0.25) is 0 Å². The van der Waals surface area contributed by atoms with E-state index in [1.807, 2.05) is 41.0 Å². The first-order chi connectivity index (χ1) is 7.79. The fraction of sp³-hybridized carbons (Fsp3) is 0.167. The number of rotatable bonds is 3. The summed E-state index contributed by atoms with van der Waals surface area (Å²) in [5, 5.41) is 7.88. The van der Waals surface area contributed by atoms with Crippen molar-refractivity contribution in [1.82, 2.24) is 14.8 Å². The quantitative estimate of drug-likeness (QED) is 0.795. The first kappa shape index (κ1) is 10.4. The SMILES string of the molecule is CCn1cnnc1/C=C/c1ccc(N)cc1. The van der Waals surface area contributed by atoms with Crippen LogP contribution >= 0.6 is 0 Å². The first-order valence-corrected chi connectivity index (χ1v) is 5.21. The maximum atomic E-state index is 5.61. The molecule has 1 aromatic carbocycles. The second-order valence-electron chi connectivity index (χ2n) is 3.48. The molecule has 0 aliphatic carbocycles. The number of nitrogens with two attached hydrogens (primary N) is 1. The van der Waals surface area contributed by atoms with Crippen LogP contribution in [0.2, 0.25) is 0 Å². The highest BCUT2D eigenvalue weighted by atomic mass is 15.2. The molecule has 2 rings (SSSR count). The Balaban J connectivity index is 2.18. The van der Waals surface area contributed by atoms with Gasteiger partial charge in [-0.05, 0) is 30.7 Å². The fourth-order valence-electron chi connectivity index (χ4n) is 1.41. The molecule has 0 atom stereocenters. The molecule has 0 bridgehead atoms. The largest absolute Gasteiger partial charge is 0.399 e. The van der Waals surface area contributed by atoms with Crippen LogP contribution in [0.3, 0.4) is 0 Å². The summed E-state index contributed by atoms with van der Waals surface area (Å²) >= 11 is 0. The number of nitrogen functional groups attached to an aromatic ring is 1. The highest BCUT2D eigenvalue weighted by Crippen LogP contribution is 2.09. The Morgan fingerprint density at radius 1 is 1.25 bits per heavy atom. The van der Waals surface area contributed by atoms with Crippen molar-refractivity contribution in [2.24, 2.45) is 0 Å². The molecule has 2 N–H and O–H groups in total. The van der Waals surface area contributed by atoms with Crippen LogP contribution in [-0.4, -0.2) is 14.8 Å². The molecule has 0 spiro atoms.